The number of nitrogens with one attached hydrogen (secondary N) is 1. The third-order valence-corrected chi connectivity index (χ3v) is 7.10. The number of hydrogen-bond donors (Lipinski definition) is 1. The SMILES string of the molecule is Cc1ccc(S(=O)(=O)N(CC(=O)N/N=C\c2cc(Br)c(C)o2)c2ccccc2C)cc1. The number of rotatable bonds is 7. The van der Waals surface area contributed by atoms with Crippen LogP contribution in [0, 0.1) is 20.8 Å². The molecular formula is C22H22BrN3O4S. The third kappa shape index (κ3) is 5.42. The van der Waals surface area contributed by atoms with E-state index in [-0.39, 0.29) is 4.90 Å². The zero-order valence-electron chi connectivity index (χ0n) is 17.3. The van der Waals surface area contributed by atoms with Crippen LogP contribution in [0.2, 0.25) is 0 Å². The van der Waals surface area contributed by atoms with Crippen LogP contribution >= 0.6 is 15.9 Å². The van der Waals surface area contributed by atoms with Crippen LogP contribution in [0.3, 0.4) is 0 Å². The smallest absolute Gasteiger partial charge is 0.264 e. The zero-order chi connectivity index (χ0) is 22.6. The maximum absolute atomic E-state index is 13.4. The van der Waals surface area contributed by atoms with Crippen molar-refractivity contribution in [3.63, 3.8) is 0 Å². The maximum Gasteiger partial charge on any atom is 0.264 e. The van der Waals surface area contributed by atoms with Crippen LogP contribution in [-0.2, 0) is 14.8 Å². The summed E-state index contributed by atoms with van der Waals surface area (Å²) in [6, 6.07) is 15.2. The summed E-state index contributed by atoms with van der Waals surface area (Å²) in [5.74, 6) is 0.549. The summed E-state index contributed by atoms with van der Waals surface area (Å²) in [6.45, 7) is 5.02. The van der Waals surface area contributed by atoms with Crippen LogP contribution in [0.25, 0.3) is 0 Å². The highest BCUT2D eigenvalue weighted by Gasteiger charge is 2.28. The van der Waals surface area contributed by atoms with Gasteiger partial charge in [0.25, 0.3) is 15.9 Å². The Bertz CT molecular complexity index is 1200. The van der Waals surface area contributed by atoms with Crippen molar-refractivity contribution in [2.75, 3.05) is 10.8 Å². The highest BCUT2D eigenvalue weighted by Crippen LogP contribution is 2.26. The van der Waals surface area contributed by atoms with Gasteiger partial charge in [0.15, 0.2) is 0 Å². The first-order chi connectivity index (χ1) is 14.7. The molecule has 7 nitrogen and oxygen atoms in total. The van der Waals surface area contributed by atoms with E-state index in [4.69, 9.17) is 4.42 Å². The van der Waals surface area contributed by atoms with Gasteiger partial charge in [0.2, 0.25) is 0 Å². The second kappa shape index (κ2) is 9.49. The van der Waals surface area contributed by atoms with E-state index < -0.39 is 22.5 Å². The molecule has 0 atom stereocenters. The molecule has 31 heavy (non-hydrogen) atoms. The molecule has 162 valence electrons. The van der Waals surface area contributed by atoms with Crippen molar-refractivity contribution in [3.05, 3.63) is 81.7 Å². The predicted molar refractivity (Wildman–Crippen MR) is 124 cm³/mol. The molecule has 0 fully saturated rings. The normalized spacial score (nSPS) is 11.6. The fraction of sp³-hybridized carbons (Fsp3) is 0.182. The number of carbonyl (C=O) groups is 1. The number of sulfonamides is 1. The molecular weight excluding hydrogens is 482 g/mol. The summed E-state index contributed by atoms with van der Waals surface area (Å²) in [6.07, 6.45) is 1.35. The zero-order valence-corrected chi connectivity index (χ0v) is 19.7. The molecule has 3 aromatic rings. The van der Waals surface area contributed by atoms with Crippen molar-refractivity contribution in [2.45, 2.75) is 25.7 Å². The van der Waals surface area contributed by atoms with E-state index in [1.54, 1.807) is 50.2 Å². The van der Waals surface area contributed by atoms with Gasteiger partial charge in [-0.3, -0.25) is 9.10 Å². The van der Waals surface area contributed by atoms with Crippen LogP contribution in [0.5, 0.6) is 0 Å². The molecule has 0 bridgehead atoms. The lowest BCUT2D eigenvalue weighted by Crippen LogP contribution is -2.40. The number of benzene rings is 2. The van der Waals surface area contributed by atoms with Gasteiger partial charge in [-0.15, -0.1) is 0 Å². The second-order valence-corrected chi connectivity index (χ2v) is 9.67. The number of nitrogens with zero attached hydrogens (tertiary/aromatic N) is 2. The summed E-state index contributed by atoms with van der Waals surface area (Å²) in [4.78, 5) is 12.7. The van der Waals surface area contributed by atoms with E-state index >= 15 is 0 Å². The van der Waals surface area contributed by atoms with E-state index in [1.807, 2.05) is 13.0 Å². The van der Waals surface area contributed by atoms with Gasteiger partial charge in [-0.1, -0.05) is 35.9 Å². The molecule has 0 saturated heterocycles. The van der Waals surface area contributed by atoms with Crippen LogP contribution < -0.4 is 9.73 Å². The molecule has 3 rings (SSSR count). The molecule has 0 aliphatic carbocycles. The van der Waals surface area contributed by atoms with E-state index in [0.717, 1.165) is 19.9 Å². The molecule has 1 amide bonds. The molecule has 1 heterocycles. The van der Waals surface area contributed by atoms with E-state index in [0.29, 0.717) is 17.2 Å². The number of hydrogen-bond acceptors (Lipinski definition) is 5. The quantitative estimate of drug-likeness (QED) is 0.384. The summed E-state index contributed by atoms with van der Waals surface area (Å²) in [7, 11) is -3.97. The molecule has 1 N–H and O–H groups in total. The first-order valence-corrected chi connectivity index (χ1v) is 11.6. The molecule has 0 saturated carbocycles. The van der Waals surface area contributed by atoms with Crippen molar-refractivity contribution in [2.24, 2.45) is 5.10 Å². The van der Waals surface area contributed by atoms with Crippen molar-refractivity contribution < 1.29 is 17.6 Å². The van der Waals surface area contributed by atoms with Crippen LogP contribution in [-0.4, -0.2) is 27.1 Å². The lowest BCUT2D eigenvalue weighted by molar-refractivity contribution is -0.119. The summed E-state index contributed by atoms with van der Waals surface area (Å²) in [5, 5.41) is 3.87. The van der Waals surface area contributed by atoms with Gasteiger partial charge in [0.05, 0.1) is 21.3 Å². The summed E-state index contributed by atoms with van der Waals surface area (Å²) < 4.78 is 34.0. The Hall–Kier alpha value is -2.91. The average molecular weight is 504 g/mol. The third-order valence-electron chi connectivity index (χ3n) is 4.54. The van der Waals surface area contributed by atoms with E-state index in [9.17, 15) is 13.2 Å². The van der Waals surface area contributed by atoms with E-state index in [1.165, 1.54) is 18.3 Å². The maximum atomic E-state index is 13.4. The molecule has 9 heteroatoms. The van der Waals surface area contributed by atoms with Gasteiger partial charge in [0.1, 0.15) is 18.1 Å². The van der Waals surface area contributed by atoms with Crippen molar-refractivity contribution >= 4 is 43.8 Å². The number of para-hydroxylation sites is 1. The van der Waals surface area contributed by atoms with Gasteiger partial charge in [-0.05, 0) is 60.5 Å². The van der Waals surface area contributed by atoms with Crippen molar-refractivity contribution in [1.82, 2.24) is 5.43 Å². The molecule has 0 spiro atoms. The fourth-order valence-corrected chi connectivity index (χ4v) is 4.65. The molecule has 0 unspecified atom stereocenters. The Balaban J connectivity index is 1.85. The second-order valence-electron chi connectivity index (χ2n) is 6.96. The van der Waals surface area contributed by atoms with E-state index in [2.05, 4.69) is 26.5 Å². The fourth-order valence-electron chi connectivity index (χ4n) is 2.86. The van der Waals surface area contributed by atoms with Gasteiger partial charge in [0, 0.05) is 6.07 Å². The number of carbonyl (C=O) groups excluding carboxylic acids is 1. The number of hydrazone groups is 1. The predicted octanol–water partition coefficient (Wildman–Crippen LogP) is 4.31. The number of halogens is 1. The Morgan fingerprint density at radius 3 is 2.42 bits per heavy atom. The van der Waals surface area contributed by atoms with Crippen LogP contribution in [0.4, 0.5) is 5.69 Å². The van der Waals surface area contributed by atoms with Gasteiger partial charge >= 0.3 is 0 Å². The largest absolute Gasteiger partial charge is 0.459 e. The average Bonchev–Trinajstić information content (AvgIpc) is 3.04. The Morgan fingerprint density at radius 1 is 1.13 bits per heavy atom. The minimum Gasteiger partial charge on any atom is -0.459 e. The molecule has 2 aromatic carbocycles. The molecule has 0 radical (unpaired) electrons. The summed E-state index contributed by atoms with van der Waals surface area (Å²) >= 11 is 3.33. The standard InChI is InChI=1S/C22H22BrN3O4S/c1-15-8-10-19(11-9-15)31(28,29)26(21-7-5-4-6-16(21)2)14-22(27)25-24-13-18-12-20(23)17(3)30-18/h4-13H,14H2,1-3H3,(H,25,27)/b24-13-. The van der Waals surface area contributed by atoms with Gasteiger partial charge in [-0.2, -0.15) is 5.10 Å². The number of anilines is 1. The number of furan rings is 1. The highest BCUT2D eigenvalue weighted by atomic mass is 79.9. The number of aryl methyl sites for hydroxylation is 3. The summed E-state index contributed by atoms with van der Waals surface area (Å²) in [5.41, 5.74) is 4.45. The Labute approximate surface area is 189 Å². The van der Waals surface area contributed by atoms with Crippen LogP contribution in [0.15, 0.2) is 73.5 Å². The molecule has 0 aliphatic heterocycles. The highest BCUT2D eigenvalue weighted by molar-refractivity contribution is 9.10. The van der Waals surface area contributed by atoms with Crippen LogP contribution in [0.1, 0.15) is 22.6 Å². The lowest BCUT2D eigenvalue weighted by atomic mass is 10.2. The topological polar surface area (TPSA) is 92.0 Å². The minimum absolute atomic E-state index is 0.105. The monoisotopic (exact) mass is 503 g/mol. The number of amides is 1. The first-order valence-electron chi connectivity index (χ1n) is 9.41. The lowest BCUT2D eigenvalue weighted by Gasteiger charge is -2.25. The molecule has 0 aliphatic rings. The minimum atomic E-state index is -3.97. The van der Waals surface area contributed by atoms with Gasteiger partial charge in [-0.25, -0.2) is 13.8 Å². The Morgan fingerprint density at radius 2 is 1.81 bits per heavy atom. The van der Waals surface area contributed by atoms with Crippen molar-refractivity contribution in [3.8, 4) is 0 Å². The van der Waals surface area contributed by atoms with Crippen molar-refractivity contribution in [1.29, 1.82) is 0 Å². The van der Waals surface area contributed by atoms with Gasteiger partial charge < -0.3 is 4.42 Å². The molecule has 1 aromatic heterocycles. The Kier molecular flexibility index (Phi) is 6.97. The first kappa shape index (κ1) is 22.8.